The van der Waals surface area contributed by atoms with E-state index in [1.807, 2.05) is 13.0 Å². The number of fused-ring (bicyclic) bond motifs is 1. The van der Waals surface area contributed by atoms with Gasteiger partial charge < -0.3 is 4.57 Å². The third-order valence-electron chi connectivity index (χ3n) is 7.28. The third-order valence-corrected chi connectivity index (χ3v) is 7.72. The van der Waals surface area contributed by atoms with Gasteiger partial charge >= 0.3 is 0 Å². The van der Waals surface area contributed by atoms with Crippen molar-refractivity contribution in [3.63, 3.8) is 0 Å². The molecular weight excluding hydrogens is 388 g/mol. The van der Waals surface area contributed by atoms with Crippen molar-refractivity contribution < 1.29 is 9.59 Å². The number of nitrogens with zero attached hydrogens (tertiary/aromatic N) is 2. The summed E-state index contributed by atoms with van der Waals surface area (Å²) in [6.45, 7) is 4.86. The lowest BCUT2D eigenvalue weighted by Crippen LogP contribution is -2.60. The molecule has 6 nitrogen and oxygen atoms in total. The quantitative estimate of drug-likeness (QED) is 0.593. The average molecular weight is 415 g/mol. The molecule has 4 bridgehead atoms. The summed E-state index contributed by atoms with van der Waals surface area (Å²) < 4.78 is 2.10. The van der Waals surface area contributed by atoms with Crippen LogP contribution in [0.2, 0.25) is 0 Å². The number of halogens is 1. The first kappa shape index (κ1) is 18.9. The molecular formula is C22H27ClN4O2. The number of aromatic nitrogens is 2. The van der Waals surface area contributed by atoms with Gasteiger partial charge in [0.05, 0.1) is 16.4 Å². The first-order valence-electron chi connectivity index (χ1n) is 10.6. The van der Waals surface area contributed by atoms with Crippen molar-refractivity contribution >= 4 is 34.4 Å². The fourth-order valence-corrected chi connectivity index (χ4v) is 7.22. The number of hydrogen-bond acceptors (Lipinski definition) is 3. The standard InChI is InChI=1S/C22H27ClN4O2/c1-3-27-13(2)24-17-7-16(4-5-18(17)27)19(28)25-26-20(29)21-8-14-6-15(9-21)11-22(23,10-14)12-21/h4-5,7,14-15H,3,6,8-12H2,1-2H3,(H,25,28)(H,26,29). The van der Waals surface area contributed by atoms with Crippen molar-refractivity contribution in [2.24, 2.45) is 17.3 Å². The van der Waals surface area contributed by atoms with Crippen LogP contribution in [0, 0.1) is 24.2 Å². The molecule has 4 aliphatic carbocycles. The Morgan fingerprint density at radius 2 is 1.93 bits per heavy atom. The van der Waals surface area contributed by atoms with Gasteiger partial charge in [-0.25, -0.2) is 4.98 Å². The summed E-state index contributed by atoms with van der Waals surface area (Å²) in [5.74, 6) is 1.58. The number of hydrazine groups is 1. The number of alkyl halides is 1. The van der Waals surface area contributed by atoms with E-state index in [0.717, 1.165) is 55.5 Å². The molecule has 2 atom stereocenters. The van der Waals surface area contributed by atoms with Gasteiger partial charge in [0.25, 0.3) is 5.91 Å². The molecule has 1 aromatic heterocycles. The van der Waals surface area contributed by atoms with Gasteiger partial charge in [-0.3, -0.25) is 20.4 Å². The number of nitrogens with one attached hydrogen (secondary N) is 2. The number of carbonyl (C=O) groups excluding carboxylic acids is 2. The van der Waals surface area contributed by atoms with E-state index < -0.39 is 5.41 Å². The monoisotopic (exact) mass is 414 g/mol. The van der Waals surface area contributed by atoms with Gasteiger partial charge in [-0.15, -0.1) is 11.6 Å². The number of benzene rings is 1. The molecule has 0 saturated heterocycles. The first-order chi connectivity index (χ1) is 13.8. The maximum Gasteiger partial charge on any atom is 0.269 e. The van der Waals surface area contributed by atoms with Crippen molar-refractivity contribution in [1.29, 1.82) is 0 Å². The van der Waals surface area contributed by atoms with Gasteiger partial charge in [-0.2, -0.15) is 0 Å². The van der Waals surface area contributed by atoms with Gasteiger partial charge in [-0.1, -0.05) is 0 Å². The van der Waals surface area contributed by atoms with E-state index in [4.69, 9.17) is 11.6 Å². The highest BCUT2D eigenvalue weighted by molar-refractivity contribution is 6.24. The van der Waals surface area contributed by atoms with E-state index in [9.17, 15) is 9.59 Å². The van der Waals surface area contributed by atoms with Gasteiger partial charge in [0.1, 0.15) is 5.82 Å². The van der Waals surface area contributed by atoms with E-state index in [1.54, 1.807) is 12.1 Å². The van der Waals surface area contributed by atoms with Crippen LogP contribution in [0.3, 0.4) is 0 Å². The lowest BCUT2D eigenvalue weighted by atomic mass is 9.49. The number of imidazole rings is 1. The van der Waals surface area contributed by atoms with Crippen molar-refractivity contribution in [1.82, 2.24) is 20.4 Å². The molecule has 4 saturated carbocycles. The molecule has 4 aliphatic rings. The van der Waals surface area contributed by atoms with Gasteiger partial charge in [0.15, 0.2) is 0 Å². The summed E-state index contributed by atoms with van der Waals surface area (Å²) in [5.41, 5.74) is 7.17. The molecule has 2 N–H and O–H groups in total. The van der Waals surface area contributed by atoms with Gasteiger partial charge in [0, 0.05) is 17.0 Å². The second-order valence-corrected chi connectivity index (χ2v) is 10.2. The highest BCUT2D eigenvalue weighted by Gasteiger charge is 2.60. The van der Waals surface area contributed by atoms with Crippen molar-refractivity contribution in [2.75, 3.05) is 0 Å². The number of amides is 2. The molecule has 2 unspecified atom stereocenters. The lowest BCUT2D eigenvalue weighted by Gasteiger charge is -2.59. The molecule has 7 heteroatoms. The minimum Gasteiger partial charge on any atom is -0.329 e. The van der Waals surface area contributed by atoms with Crippen LogP contribution >= 0.6 is 11.6 Å². The Labute approximate surface area is 175 Å². The van der Waals surface area contributed by atoms with Crippen LogP contribution in [0.15, 0.2) is 18.2 Å². The zero-order valence-electron chi connectivity index (χ0n) is 16.9. The predicted octanol–water partition coefficient (Wildman–Crippen LogP) is 3.70. The number of aryl methyl sites for hydroxylation is 2. The highest BCUT2D eigenvalue weighted by Crippen LogP contribution is 2.63. The van der Waals surface area contributed by atoms with Gasteiger partial charge in [0.2, 0.25) is 5.91 Å². The topological polar surface area (TPSA) is 76.0 Å². The van der Waals surface area contributed by atoms with Crippen LogP contribution in [0.5, 0.6) is 0 Å². The summed E-state index contributed by atoms with van der Waals surface area (Å²) in [7, 11) is 0. The van der Waals surface area contributed by atoms with E-state index >= 15 is 0 Å². The molecule has 1 heterocycles. The fraction of sp³-hybridized carbons (Fsp3) is 0.591. The summed E-state index contributed by atoms with van der Waals surface area (Å²) in [5, 5.41) is 0. The summed E-state index contributed by atoms with van der Waals surface area (Å²) in [6.07, 6.45) is 5.74. The maximum absolute atomic E-state index is 13.1. The average Bonchev–Trinajstić information content (AvgIpc) is 2.97. The Hall–Kier alpha value is -2.08. The predicted molar refractivity (Wildman–Crippen MR) is 111 cm³/mol. The molecule has 29 heavy (non-hydrogen) atoms. The zero-order valence-corrected chi connectivity index (χ0v) is 17.7. The normalized spacial score (nSPS) is 32.5. The molecule has 0 aliphatic heterocycles. The Kier molecular flexibility index (Phi) is 4.21. The lowest BCUT2D eigenvalue weighted by molar-refractivity contribution is -0.145. The molecule has 0 radical (unpaired) electrons. The Morgan fingerprint density at radius 3 is 2.59 bits per heavy atom. The molecule has 0 spiro atoms. The number of hydrogen-bond donors (Lipinski definition) is 2. The molecule has 1 aromatic carbocycles. The van der Waals surface area contributed by atoms with E-state index in [2.05, 4.69) is 27.3 Å². The smallest absolute Gasteiger partial charge is 0.269 e. The van der Waals surface area contributed by atoms with Crippen LogP contribution in [-0.4, -0.2) is 26.2 Å². The Balaban J connectivity index is 1.30. The summed E-state index contributed by atoms with van der Waals surface area (Å²) in [6, 6.07) is 5.45. The van der Waals surface area contributed by atoms with Gasteiger partial charge in [-0.05, 0) is 82.4 Å². The second-order valence-electron chi connectivity index (χ2n) is 9.41. The number of carbonyl (C=O) groups is 2. The highest BCUT2D eigenvalue weighted by atomic mass is 35.5. The molecule has 4 fully saturated rings. The van der Waals surface area contributed by atoms with Crippen molar-refractivity contribution in [3.05, 3.63) is 29.6 Å². The fourth-order valence-electron chi connectivity index (χ4n) is 6.53. The molecule has 154 valence electrons. The molecule has 2 aromatic rings. The minimum atomic E-state index is -0.430. The maximum atomic E-state index is 13.1. The molecule has 6 rings (SSSR count). The largest absolute Gasteiger partial charge is 0.329 e. The Bertz CT molecular complexity index is 1000. The van der Waals surface area contributed by atoms with E-state index in [1.165, 1.54) is 6.42 Å². The van der Waals surface area contributed by atoms with Crippen LogP contribution < -0.4 is 10.9 Å². The Morgan fingerprint density at radius 1 is 1.21 bits per heavy atom. The third kappa shape index (κ3) is 3.03. The number of rotatable bonds is 3. The minimum absolute atomic E-state index is 0.0860. The zero-order chi connectivity index (χ0) is 20.4. The van der Waals surface area contributed by atoms with Crippen LogP contribution in [0.4, 0.5) is 0 Å². The van der Waals surface area contributed by atoms with Crippen LogP contribution in [0.25, 0.3) is 11.0 Å². The SMILES string of the molecule is CCn1c(C)nc2cc(C(=O)NNC(=O)C34CC5CC(CC(Cl)(C5)C3)C4)ccc21. The van der Waals surface area contributed by atoms with E-state index in [0.29, 0.717) is 17.4 Å². The second kappa shape index (κ2) is 6.46. The van der Waals surface area contributed by atoms with Crippen molar-refractivity contribution in [2.45, 2.75) is 63.8 Å². The summed E-state index contributed by atoms with van der Waals surface area (Å²) >= 11 is 6.83. The van der Waals surface area contributed by atoms with Crippen LogP contribution in [-0.2, 0) is 11.3 Å². The first-order valence-corrected chi connectivity index (χ1v) is 11.0. The summed E-state index contributed by atoms with van der Waals surface area (Å²) in [4.78, 5) is 30.0. The van der Waals surface area contributed by atoms with Crippen LogP contribution in [0.1, 0.15) is 61.6 Å². The molecule has 2 amide bonds. The van der Waals surface area contributed by atoms with Crippen molar-refractivity contribution in [3.8, 4) is 0 Å². The van der Waals surface area contributed by atoms with E-state index in [-0.39, 0.29) is 16.7 Å².